The Labute approximate surface area is 109 Å². The number of carbonyl (C=O) groups excluding carboxylic acids is 1. The Morgan fingerprint density at radius 2 is 1.78 bits per heavy atom. The second-order valence-electron chi connectivity index (χ2n) is 6.12. The molecule has 18 heavy (non-hydrogen) atoms. The lowest BCUT2D eigenvalue weighted by molar-refractivity contribution is -0.158. The first-order chi connectivity index (χ1) is 8.03. The first-order valence-electron chi connectivity index (χ1n) is 6.27. The van der Waals surface area contributed by atoms with Gasteiger partial charge in [-0.25, -0.2) is 13.1 Å². The molecule has 5 nitrogen and oxygen atoms in total. The van der Waals surface area contributed by atoms with Crippen LogP contribution in [0.25, 0.3) is 0 Å². The maximum absolute atomic E-state index is 12.0. The van der Waals surface area contributed by atoms with Crippen LogP contribution in [0.1, 0.15) is 47.5 Å². The molecule has 0 unspecified atom stereocenters. The topological polar surface area (TPSA) is 72.5 Å². The molecule has 0 radical (unpaired) electrons. The van der Waals surface area contributed by atoms with Crippen LogP contribution in [0.5, 0.6) is 0 Å². The van der Waals surface area contributed by atoms with Gasteiger partial charge in [0.1, 0.15) is 11.6 Å². The van der Waals surface area contributed by atoms with Crippen molar-refractivity contribution in [2.45, 2.75) is 64.4 Å². The highest BCUT2D eigenvalue weighted by Gasteiger charge is 2.40. The minimum Gasteiger partial charge on any atom is -0.459 e. The summed E-state index contributed by atoms with van der Waals surface area (Å²) in [6.45, 7) is 8.88. The van der Waals surface area contributed by atoms with E-state index < -0.39 is 27.6 Å². The van der Waals surface area contributed by atoms with Gasteiger partial charge in [0.2, 0.25) is 10.0 Å². The molecule has 0 bridgehead atoms. The molecule has 1 fully saturated rings. The van der Waals surface area contributed by atoms with Crippen LogP contribution in [0.3, 0.4) is 0 Å². The Kier molecular flexibility index (Phi) is 4.43. The van der Waals surface area contributed by atoms with Gasteiger partial charge in [-0.15, -0.1) is 0 Å². The molecule has 0 aromatic rings. The highest BCUT2D eigenvalue weighted by Crippen LogP contribution is 2.28. The van der Waals surface area contributed by atoms with E-state index in [1.165, 1.54) is 0 Å². The fourth-order valence-electron chi connectivity index (χ4n) is 1.47. The third kappa shape index (κ3) is 4.57. The molecule has 106 valence electrons. The fourth-order valence-corrected chi connectivity index (χ4v) is 3.14. The summed E-state index contributed by atoms with van der Waals surface area (Å²) in [5.74, 6) is -0.657. The van der Waals surface area contributed by atoms with Crippen LogP contribution < -0.4 is 4.72 Å². The first kappa shape index (κ1) is 15.4. The van der Waals surface area contributed by atoms with E-state index >= 15 is 0 Å². The minimum atomic E-state index is -3.38. The molecule has 0 saturated heterocycles. The number of nitrogens with one attached hydrogen (secondary N) is 1. The SMILES string of the molecule is CC(C)[C@H](NS(=O)(=O)C1CC1)C(=O)OC(C)(C)C. The molecule has 1 N–H and O–H groups in total. The van der Waals surface area contributed by atoms with Gasteiger partial charge in [0.15, 0.2) is 0 Å². The molecule has 0 heterocycles. The van der Waals surface area contributed by atoms with Crippen molar-refractivity contribution in [3.05, 3.63) is 0 Å². The molecular weight excluding hydrogens is 254 g/mol. The molecule has 1 aliphatic rings. The normalized spacial score (nSPS) is 18.8. The molecular formula is C12H23NO4S. The largest absolute Gasteiger partial charge is 0.459 e. The second-order valence-corrected chi connectivity index (χ2v) is 8.11. The van der Waals surface area contributed by atoms with E-state index in [1.54, 1.807) is 34.6 Å². The lowest BCUT2D eigenvalue weighted by Crippen LogP contribution is -2.48. The number of hydrogen-bond acceptors (Lipinski definition) is 4. The number of carbonyl (C=O) groups is 1. The Morgan fingerprint density at radius 1 is 1.28 bits per heavy atom. The molecule has 0 aliphatic heterocycles. The summed E-state index contributed by atoms with van der Waals surface area (Å²) in [4.78, 5) is 12.0. The number of sulfonamides is 1. The third-order valence-electron chi connectivity index (χ3n) is 2.58. The van der Waals surface area contributed by atoms with E-state index in [4.69, 9.17) is 4.74 Å². The van der Waals surface area contributed by atoms with Gasteiger partial charge < -0.3 is 4.74 Å². The van der Waals surface area contributed by atoms with Gasteiger partial charge in [0.25, 0.3) is 0 Å². The summed E-state index contributed by atoms with van der Waals surface area (Å²) < 4.78 is 31.4. The number of esters is 1. The Balaban J connectivity index is 2.74. The lowest BCUT2D eigenvalue weighted by Gasteiger charge is -2.26. The molecule has 1 rings (SSSR count). The lowest BCUT2D eigenvalue weighted by atomic mass is 10.1. The van der Waals surface area contributed by atoms with Crippen molar-refractivity contribution in [3.63, 3.8) is 0 Å². The predicted molar refractivity (Wildman–Crippen MR) is 69.5 cm³/mol. The summed E-state index contributed by atoms with van der Waals surface area (Å²) in [5, 5.41) is -0.332. The van der Waals surface area contributed by atoms with Gasteiger partial charge in [0, 0.05) is 0 Å². The molecule has 1 atom stereocenters. The van der Waals surface area contributed by atoms with Crippen molar-refractivity contribution in [1.29, 1.82) is 0 Å². The summed E-state index contributed by atoms with van der Waals surface area (Å²) in [6.07, 6.45) is 1.35. The molecule has 1 saturated carbocycles. The van der Waals surface area contributed by atoms with E-state index in [-0.39, 0.29) is 11.2 Å². The van der Waals surface area contributed by atoms with Crippen molar-refractivity contribution in [2.75, 3.05) is 0 Å². The average molecular weight is 277 g/mol. The monoisotopic (exact) mass is 277 g/mol. The summed E-state index contributed by atoms with van der Waals surface area (Å²) >= 11 is 0. The zero-order valence-electron chi connectivity index (χ0n) is 11.7. The van der Waals surface area contributed by atoms with Crippen LogP contribution in [0.15, 0.2) is 0 Å². The molecule has 0 spiro atoms. The zero-order chi connectivity index (χ0) is 14.1. The average Bonchev–Trinajstić information content (AvgIpc) is 2.93. The maximum Gasteiger partial charge on any atom is 0.324 e. The first-order valence-corrected chi connectivity index (χ1v) is 7.81. The van der Waals surface area contributed by atoms with E-state index in [2.05, 4.69) is 4.72 Å². The van der Waals surface area contributed by atoms with Gasteiger partial charge in [-0.05, 0) is 39.5 Å². The van der Waals surface area contributed by atoms with Crippen LogP contribution in [-0.4, -0.2) is 31.3 Å². The fraction of sp³-hybridized carbons (Fsp3) is 0.917. The predicted octanol–water partition coefficient (Wildman–Crippen LogP) is 1.43. The van der Waals surface area contributed by atoms with Crippen LogP contribution in [0.2, 0.25) is 0 Å². The highest BCUT2D eigenvalue weighted by atomic mass is 32.2. The molecule has 1 aliphatic carbocycles. The second kappa shape index (κ2) is 5.17. The van der Waals surface area contributed by atoms with Gasteiger partial charge in [-0.1, -0.05) is 13.8 Å². The summed E-state index contributed by atoms with van der Waals surface area (Å²) in [6, 6.07) is -0.810. The zero-order valence-corrected chi connectivity index (χ0v) is 12.5. The molecule has 0 aromatic heterocycles. The van der Waals surface area contributed by atoms with E-state index in [0.717, 1.165) is 0 Å². The molecule has 0 amide bonds. The number of rotatable bonds is 5. The van der Waals surface area contributed by atoms with Crippen molar-refractivity contribution in [2.24, 2.45) is 5.92 Å². The highest BCUT2D eigenvalue weighted by molar-refractivity contribution is 7.90. The van der Waals surface area contributed by atoms with Gasteiger partial charge in [-0.2, -0.15) is 0 Å². The van der Waals surface area contributed by atoms with Crippen molar-refractivity contribution < 1.29 is 17.9 Å². The smallest absolute Gasteiger partial charge is 0.324 e. The Bertz CT molecular complexity index is 404. The van der Waals surface area contributed by atoms with Gasteiger partial charge in [-0.3, -0.25) is 4.79 Å². The van der Waals surface area contributed by atoms with Crippen LogP contribution >= 0.6 is 0 Å². The number of ether oxygens (including phenoxy) is 1. The standard InChI is InChI=1S/C12H23NO4S/c1-8(2)10(11(14)17-12(3,4)5)13-18(15,16)9-6-7-9/h8-10,13H,6-7H2,1-5H3/t10-/m0/s1. The summed E-state index contributed by atoms with van der Waals surface area (Å²) in [7, 11) is -3.38. The van der Waals surface area contributed by atoms with E-state index in [9.17, 15) is 13.2 Å². The van der Waals surface area contributed by atoms with Crippen molar-refractivity contribution in [1.82, 2.24) is 4.72 Å². The van der Waals surface area contributed by atoms with Crippen molar-refractivity contribution >= 4 is 16.0 Å². The third-order valence-corrected chi connectivity index (χ3v) is 4.51. The molecule has 6 heteroatoms. The van der Waals surface area contributed by atoms with E-state index in [0.29, 0.717) is 12.8 Å². The van der Waals surface area contributed by atoms with Gasteiger partial charge in [0.05, 0.1) is 5.25 Å². The van der Waals surface area contributed by atoms with E-state index in [1.807, 2.05) is 0 Å². The van der Waals surface area contributed by atoms with Gasteiger partial charge >= 0.3 is 5.97 Å². The maximum atomic E-state index is 12.0. The van der Waals surface area contributed by atoms with Crippen molar-refractivity contribution in [3.8, 4) is 0 Å². The Hall–Kier alpha value is -0.620. The summed E-state index contributed by atoms with van der Waals surface area (Å²) in [5.41, 5.74) is -0.616. The number of hydrogen-bond donors (Lipinski definition) is 1. The molecule has 0 aromatic carbocycles. The van der Waals surface area contributed by atoms with Crippen LogP contribution in [0.4, 0.5) is 0 Å². The quantitative estimate of drug-likeness (QED) is 0.772. The minimum absolute atomic E-state index is 0.145. The Morgan fingerprint density at radius 3 is 2.11 bits per heavy atom. The van der Waals surface area contributed by atoms with Crippen LogP contribution in [0, 0.1) is 5.92 Å². The van der Waals surface area contributed by atoms with Crippen LogP contribution in [-0.2, 0) is 19.6 Å².